The molecule has 0 spiro atoms. The first-order valence-corrected chi connectivity index (χ1v) is 18.4. The van der Waals surface area contributed by atoms with Gasteiger partial charge in [0, 0.05) is 20.0 Å². The van der Waals surface area contributed by atoms with E-state index in [2.05, 4.69) is 30.5 Å². The Labute approximate surface area is 257 Å². The lowest BCUT2D eigenvalue weighted by Crippen LogP contribution is -2.29. The molecule has 9 heteroatoms. The van der Waals surface area contributed by atoms with E-state index in [1.54, 1.807) is 0 Å². The van der Waals surface area contributed by atoms with Crippen LogP contribution in [0.1, 0.15) is 162 Å². The Morgan fingerprint density at radius 3 is 1.57 bits per heavy atom. The first-order chi connectivity index (χ1) is 20.3. The zero-order valence-corrected chi connectivity index (χ0v) is 28.1. The summed E-state index contributed by atoms with van der Waals surface area (Å²) >= 11 is 0. The first kappa shape index (κ1) is 40.8. The van der Waals surface area contributed by atoms with Gasteiger partial charge in [-0.3, -0.25) is 18.6 Å². The van der Waals surface area contributed by atoms with Crippen molar-refractivity contribution in [3.63, 3.8) is 0 Å². The molecule has 8 nitrogen and oxygen atoms in total. The molecular weight excluding hydrogens is 555 g/mol. The molecule has 0 aromatic heterocycles. The standard InChI is InChI=1S/C33H63O8P/c1-4-6-8-10-12-14-16-17-18-20-22-24-26-28-33(35)41-31(30-40-42(36,37)38-3)29-39-32(34)27-25-23-21-19-15-13-11-9-7-5-2/h14,16,31H,4-13,15,17-30H2,1-3H3,(H,36,37)/b16-14-. The Bertz CT molecular complexity index is 712. The van der Waals surface area contributed by atoms with Crippen molar-refractivity contribution in [2.75, 3.05) is 20.3 Å². The number of hydrogen-bond donors (Lipinski definition) is 1. The van der Waals surface area contributed by atoms with Crippen LogP contribution in [0.3, 0.4) is 0 Å². The number of rotatable bonds is 31. The van der Waals surface area contributed by atoms with Crippen LogP contribution in [0.4, 0.5) is 0 Å². The number of unbranched alkanes of at least 4 members (excludes halogenated alkanes) is 18. The molecule has 0 amide bonds. The van der Waals surface area contributed by atoms with Crippen LogP contribution < -0.4 is 0 Å². The Hall–Kier alpha value is -1.21. The molecule has 0 aliphatic carbocycles. The highest BCUT2D eigenvalue weighted by molar-refractivity contribution is 7.47. The second kappa shape index (κ2) is 29.8. The summed E-state index contributed by atoms with van der Waals surface area (Å²) in [5.74, 6) is -0.814. The summed E-state index contributed by atoms with van der Waals surface area (Å²) in [6, 6.07) is 0. The summed E-state index contributed by atoms with van der Waals surface area (Å²) in [6.07, 6.45) is 28.3. The molecule has 2 unspecified atom stereocenters. The van der Waals surface area contributed by atoms with E-state index in [9.17, 15) is 19.0 Å². The summed E-state index contributed by atoms with van der Waals surface area (Å²) in [4.78, 5) is 34.1. The fraction of sp³-hybridized carbons (Fsp3) is 0.879. The molecular formula is C33H63O8P. The van der Waals surface area contributed by atoms with Crippen LogP contribution in [0.2, 0.25) is 0 Å². The number of esters is 2. The number of carbonyl (C=O) groups is 2. The molecule has 0 saturated heterocycles. The molecule has 0 radical (unpaired) electrons. The normalized spacial score (nSPS) is 13.7. The minimum absolute atomic E-state index is 0.224. The lowest BCUT2D eigenvalue weighted by Gasteiger charge is -2.19. The van der Waals surface area contributed by atoms with Gasteiger partial charge in [0.05, 0.1) is 6.61 Å². The Morgan fingerprint density at radius 2 is 1.07 bits per heavy atom. The molecule has 1 N–H and O–H groups in total. The molecule has 0 aromatic carbocycles. The lowest BCUT2D eigenvalue weighted by atomic mass is 10.1. The molecule has 2 atom stereocenters. The number of phosphoric acid groups is 1. The van der Waals surface area contributed by atoms with Gasteiger partial charge in [-0.1, -0.05) is 122 Å². The fourth-order valence-electron chi connectivity index (χ4n) is 4.59. The number of allylic oxidation sites excluding steroid dienone is 2. The van der Waals surface area contributed by atoms with Gasteiger partial charge in [0.2, 0.25) is 0 Å². The van der Waals surface area contributed by atoms with Gasteiger partial charge in [-0.15, -0.1) is 0 Å². The average Bonchev–Trinajstić information content (AvgIpc) is 2.97. The second-order valence-corrected chi connectivity index (χ2v) is 12.9. The van der Waals surface area contributed by atoms with E-state index in [1.807, 2.05) is 0 Å². The van der Waals surface area contributed by atoms with Gasteiger partial charge in [0.15, 0.2) is 6.10 Å². The SMILES string of the molecule is CCCCCC/C=C\CCCCCCCC(=O)OC(COC(=O)CCCCCCCCCCCC)COP(=O)(O)OC. The van der Waals surface area contributed by atoms with Crippen molar-refractivity contribution in [3.8, 4) is 0 Å². The monoisotopic (exact) mass is 618 g/mol. The maximum Gasteiger partial charge on any atom is 0.472 e. The largest absolute Gasteiger partial charge is 0.472 e. The van der Waals surface area contributed by atoms with Crippen LogP contribution in [0.25, 0.3) is 0 Å². The molecule has 0 aromatic rings. The van der Waals surface area contributed by atoms with Gasteiger partial charge in [-0.2, -0.15) is 0 Å². The number of carbonyl (C=O) groups excluding carboxylic acids is 2. The quantitative estimate of drug-likeness (QED) is 0.0354. The van der Waals surface area contributed by atoms with Gasteiger partial charge in [-0.05, 0) is 38.5 Å². The predicted octanol–water partition coefficient (Wildman–Crippen LogP) is 9.77. The topological polar surface area (TPSA) is 108 Å². The van der Waals surface area contributed by atoms with E-state index in [1.165, 1.54) is 77.0 Å². The van der Waals surface area contributed by atoms with E-state index in [0.29, 0.717) is 12.8 Å². The summed E-state index contributed by atoms with van der Waals surface area (Å²) < 4.78 is 31.7. The van der Waals surface area contributed by atoms with Crippen molar-refractivity contribution in [2.24, 2.45) is 0 Å². The summed E-state index contributed by atoms with van der Waals surface area (Å²) in [5, 5.41) is 0. The number of hydrogen-bond acceptors (Lipinski definition) is 7. The predicted molar refractivity (Wildman–Crippen MR) is 170 cm³/mol. The van der Waals surface area contributed by atoms with Crippen molar-refractivity contribution in [2.45, 2.75) is 168 Å². The highest BCUT2D eigenvalue weighted by Crippen LogP contribution is 2.42. The third-order valence-electron chi connectivity index (χ3n) is 7.26. The third-order valence-corrected chi connectivity index (χ3v) is 8.20. The van der Waals surface area contributed by atoms with E-state index in [4.69, 9.17) is 14.0 Å². The van der Waals surface area contributed by atoms with Crippen LogP contribution in [-0.4, -0.2) is 43.3 Å². The van der Waals surface area contributed by atoms with Gasteiger partial charge in [-0.25, -0.2) is 4.57 Å². The van der Waals surface area contributed by atoms with Crippen LogP contribution in [0, 0.1) is 0 Å². The molecule has 0 heterocycles. The van der Waals surface area contributed by atoms with E-state index >= 15 is 0 Å². The van der Waals surface area contributed by atoms with E-state index < -0.39 is 26.5 Å². The molecule has 248 valence electrons. The van der Waals surface area contributed by atoms with Crippen molar-refractivity contribution < 1.29 is 37.6 Å². The van der Waals surface area contributed by atoms with Gasteiger partial charge < -0.3 is 14.4 Å². The molecule has 0 bridgehead atoms. The third kappa shape index (κ3) is 28.9. The minimum Gasteiger partial charge on any atom is -0.462 e. The number of ether oxygens (including phenoxy) is 2. The second-order valence-electron chi connectivity index (χ2n) is 11.3. The molecule has 0 aliphatic heterocycles. The van der Waals surface area contributed by atoms with Crippen LogP contribution >= 0.6 is 7.82 Å². The lowest BCUT2D eigenvalue weighted by molar-refractivity contribution is -0.161. The van der Waals surface area contributed by atoms with E-state index in [-0.39, 0.29) is 19.0 Å². The smallest absolute Gasteiger partial charge is 0.462 e. The molecule has 0 aliphatic rings. The molecule has 0 fully saturated rings. The highest BCUT2D eigenvalue weighted by Gasteiger charge is 2.24. The Balaban J connectivity index is 4.13. The van der Waals surface area contributed by atoms with Crippen molar-refractivity contribution in [1.82, 2.24) is 0 Å². The summed E-state index contributed by atoms with van der Waals surface area (Å²) in [7, 11) is -3.19. The summed E-state index contributed by atoms with van der Waals surface area (Å²) in [6.45, 7) is 3.83. The average molecular weight is 619 g/mol. The van der Waals surface area contributed by atoms with Gasteiger partial charge in [0.25, 0.3) is 0 Å². The van der Waals surface area contributed by atoms with Crippen LogP contribution in [0.5, 0.6) is 0 Å². The van der Waals surface area contributed by atoms with Crippen LogP contribution in [0.15, 0.2) is 12.2 Å². The zero-order valence-electron chi connectivity index (χ0n) is 27.2. The van der Waals surface area contributed by atoms with Crippen LogP contribution in [-0.2, 0) is 32.7 Å². The van der Waals surface area contributed by atoms with Gasteiger partial charge >= 0.3 is 19.8 Å². The van der Waals surface area contributed by atoms with Crippen molar-refractivity contribution in [1.29, 1.82) is 0 Å². The first-order valence-electron chi connectivity index (χ1n) is 16.9. The molecule has 0 saturated carbocycles. The number of phosphoric ester groups is 1. The Kier molecular flexibility index (Phi) is 29.0. The molecule has 0 rings (SSSR count). The summed E-state index contributed by atoms with van der Waals surface area (Å²) in [5.41, 5.74) is 0. The maximum atomic E-state index is 12.4. The maximum absolute atomic E-state index is 12.4. The van der Waals surface area contributed by atoms with Gasteiger partial charge in [0.1, 0.15) is 6.61 Å². The fourth-order valence-corrected chi connectivity index (χ4v) is 5.05. The Morgan fingerprint density at radius 1 is 0.643 bits per heavy atom. The van der Waals surface area contributed by atoms with Crippen molar-refractivity contribution in [3.05, 3.63) is 12.2 Å². The van der Waals surface area contributed by atoms with E-state index in [0.717, 1.165) is 58.5 Å². The minimum atomic E-state index is -4.25. The van der Waals surface area contributed by atoms with Crippen molar-refractivity contribution >= 4 is 19.8 Å². The molecule has 42 heavy (non-hydrogen) atoms. The zero-order chi connectivity index (χ0) is 31.2. The highest BCUT2D eigenvalue weighted by atomic mass is 31.2.